The second-order valence-corrected chi connectivity index (χ2v) is 17.2. The zero-order valence-corrected chi connectivity index (χ0v) is 35.9. The molecule has 6 N–H and O–H groups in total. The Kier molecular flexibility index (Phi) is 15.8. The predicted molar refractivity (Wildman–Crippen MR) is 226 cm³/mol. The number of thiazole rings is 1. The summed E-state index contributed by atoms with van der Waals surface area (Å²) in [6, 6.07) is 11.8. The van der Waals surface area contributed by atoms with Gasteiger partial charge in [-0.25, -0.2) is 23.6 Å². The number of halogens is 4. The molecular weight excluding hydrogens is 902 g/mol. The van der Waals surface area contributed by atoms with Gasteiger partial charge in [0.2, 0.25) is 17.7 Å². The van der Waals surface area contributed by atoms with Crippen LogP contribution in [0.15, 0.2) is 60.1 Å². The maximum atomic E-state index is 14.7. The van der Waals surface area contributed by atoms with Crippen LogP contribution in [-0.4, -0.2) is 83.0 Å². The lowest BCUT2D eigenvalue weighted by Gasteiger charge is -2.35. The largest absolute Gasteiger partial charge is 0.391 e. The zero-order valence-electron chi connectivity index (χ0n) is 33.0. The van der Waals surface area contributed by atoms with Crippen molar-refractivity contribution in [2.75, 3.05) is 31.6 Å². The number of carbonyl (C=O) groups excluding carboxylic acids is 4. The summed E-state index contributed by atoms with van der Waals surface area (Å²) in [7, 11) is 0. The average molecular weight is 950 g/mol. The highest BCUT2D eigenvalue weighted by atomic mass is 127. The lowest BCUT2D eigenvalue weighted by Crippen LogP contribution is -2.57. The van der Waals surface area contributed by atoms with Gasteiger partial charge in [-0.2, -0.15) is 0 Å². The monoisotopic (exact) mass is 949 g/mol. The van der Waals surface area contributed by atoms with Crippen LogP contribution in [0.5, 0.6) is 0 Å². The molecule has 2 heterocycles. The molecule has 4 aromatic rings. The number of carbonyl (C=O) groups is 4. The number of nitrogens with one attached hydrogen (secondary N) is 5. The zero-order chi connectivity index (χ0) is 42.9. The Morgan fingerprint density at radius 2 is 1.78 bits per heavy atom. The highest BCUT2D eigenvalue weighted by Gasteiger charge is 2.44. The van der Waals surface area contributed by atoms with E-state index < -0.39 is 70.4 Å². The first kappa shape index (κ1) is 45.5. The van der Waals surface area contributed by atoms with Crippen molar-refractivity contribution in [3.63, 3.8) is 0 Å². The molecule has 0 aliphatic carbocycles. The Morgan fingerprint density at radius 3 is 2.46 bits per heavy atom. The highest BCUT2D eigenvalue weighted by molar-refractivity contribution is 14.1. The van der Waals surface area contributed by atoms with Crippen LogP contribution in [0, 0.1) is 33.4 Å². The molecule has 0 spiro atoms. The van der Waals surface area contributed by atoms with Crippen LogP contribution in [0.2, 0.25) is 0 Å². The fourth-order valence-corrected chi connectivity index (χ4v) is 7.63. The van der Waals surface area contributed by atoms with E-state index in [2.05, 4.69) is 31.7 Å². The van der Waals surface area contributed by atoms with Crippen LogP contribution >= 0.6 is 33.9 Å². The second-order valence-electron chi connectivity index (χ2n) is 15.1. The first-order valence-corrected chi connectivity index (χ1v) is 20.9. The molecule has 0 radical (unpaired) electrons. The summed E-state index contributed by atoms with van der Waals surface area (Å²) in [4.78, 5) is 65.0. The van der Waals surface area contributed by atoms with Crippen LogP contribution in [0.3, 0.4) is 0 Å². The molecule has 1 aromatic heterocycles. The van der Waals surface area contributed by atoms with E-state index in [1.807, 2.05) is 53.8 Å². The lowest BCUT2D eigenvalue weighted by molar-refractivity contribution is -0.144. The maximum Gasteiger partial charge on any atom is 0.277 e. The molecule has 5 rings (SSSR count). The van der Waals surface area contributed by atoms with Gasteiger partial charge in [-0.1, -0.05) is 45.0 Å². The summed E-state index contributed by atoms with van der Waals surface area (Å²) in [5.74, 6) is -5.45. The fraction of sp³-hybridized carbons (Fsp3) is 0.390. The van der Waals surface area contributed by atoms with Gasteiger partial charge in [0.1, 0.15) is 17.9 Å². The molecule has 4 amide bonds. The number of hydrogen-bond donors (Lipinski definition) is 6. The van der Waals surface area contributed by atoms with Crippen LogP contribution in [-0.2, 0) is 25.8 Å². The van der Waals surface area contributed by atoms with Gasteiger partial charge in [0.15, 0.2) is 11.6 Å². The first-order chi connectivity index (χ1) is 28.0. The van der Waals surface area contributed by atoms with Crippen molar-refractivity contribution in [3.05, 3.63) is 98.0 Å². The number of hydroxylamine groups is 1. The molecule has 59 heavy (non-hydrogen) atoms. The number of aryl methyl sites for hydroxylation is 1. The van der Waals surface area contributed by atoms with Crippen molar-refractivity contribution in [2.45, 2.75) is 71.7 Å². The summed E-state index contributed by atoms with van der Waals surface area (Å²) < 4.78 is 43.7. The van der Waals surface area contributed by atoms with E-state index in [9.17, 15) is 37.5 Å². The van der Waals surface area contributed by atoms with Gasteiger partial charge in [0.25, 0.3) is 5.91 Å². The van der Waals surface area contributed by atoms with E-state index in [4.69, 9.17) is 4.84 Å². The molecule has 1 aliphatic heterocycles. The third kappa shape index (κ3) is 12.2. The molecule has 1 fully saturated rings. The van der Waals surface area contributed by atoms with Crippen LogP contribution in [0.25, 0.3) is 10.4 Å². The summed E-state index contributed by atoms with van der Waals surface area (Å²) in [5.41, 5.74) is 5.08. The number of rotatable bonds is 17. The summed E-state index contributed by atoms with van der Waals surface area (Å²) in [5, 5.41) is 21.8. The van der Waals surface area contributed by atoms with E-state index in [0.717, 1.165) is 33.8 Å². The van der Waals surface area contributed by atoms with E-state index >= 15 is 0 Å². The quantitative estimate of drug-likeness (QED) is 0.0440. The van der Waals surface area contributed by atoms with Crippen LogP contribution in [0.1, 0.15) is 61.6 Å². The minimum Gasteiger partial charge on any atom is -0.391 e. The number of nitrogens with zero attached hydrogens (tertiary/aromatic N) is 2. The number of likely N-dealkylation sites (tertiary alicyclic amines) is 1. The first-order valence-electron chi connectivity index (χ1n) is 18.9. The van der Waals surface area contributed by atoms with Gasteiger partial charge >= 0.3 is 0 Å². The van der Waals surface area contributed by atoms with E-state index in [1.165, 1.54) is 17.0 Å². The Labute approximate surface area is 358 Å². The maximum absolute atomic E-state index is 14.7. The van der Waals surface area contributed by atoms with Gasteiger partial charge in [-0.3, -0.25) is 24.0 Å². The van der Waals surface area contributed by atoms with Crippen molar-refractivity contribution in [2.24, 2.45) is 5.41 Å². The molecule has 316 valence electrons. The van der Waals surface area contributed by atoms with E-state index in [0.29, 0.717) is 16.5 Å². The molecule has 0 saturated carbocycles. The van der Waals surface area contributed by atoms with E-state index in [-0.39, 0.29) is 50.3 Å². The predicted octanol–water partition coefficient (Wildman–Crippen LogP) is 5.72. The smallest absolute Gasteiger partial charge is 0.277 e. The molecule has 3 atom stereocenters. The number of amides is 4. The Hall–Kier alpha value is -4.63. The number of hydrogen-bond acceptors (Lipinski definition) is 10. The molecule has 1 saturated heterocycles. The number of anilines is 2. The van der Waals surface area contributed by atoms with Crippen molar-refractivity contribution < 1.29 is 42.3 Å². The van der Waals surface area contributed by atoms with Gasteiger partial charge in [0.05, 0.1) is 45.7 Å². The van der Waals surface area contributed by atoms with Crippen molar-refractivity contribution in [3.8, 4) is 10.4 Å². The van der Waals surface area contributed by atoms with Gasteiger partial charge < -0.3 is 31.3 Å². The van der Waals surface area contributed by atoms with Gasteiger partial charge in [-0.05, 0) is 89.4 Å². The number of aromatic nitrogens is 1. The number of aliphatic hydroxyl groups excluding tert-OH is 1. The van der Waals surface area contributed by atoms with Gasteiger partial charge in [-0.15, -0.1) is 11.3 Å². The number of benzene rings is 3. The molecule has 18 heteroatoms. The molecule has 0 bridgehead atoms. The lowest BCUT2D eigenvalue weighted by atomic mass is 9.85. The van der Waals surface area contributed by atoms with Crippen molar-refractivity contribution >= 4 is 68.9 Å². The van der Waals surface area contributed by atoms with E-state index in [1.54, 1.807) is 43.7 Å². The second kappa shape index (κ2) is 20.6. The molecule has 13 nitrogen and oxygen atoms in total. The van der Waals surface area contributed by atoms with Crippen LogP contribution < -0.4 is 26.7 Å². The highest BCUT2D eigenvalue weighted by Crippen LogP contribution is 2.30. The Balaban J connectivity index is 1.04. The average Bonchev–Trinajstić information content (AvgIpc) is 3.81. The Morgan fingerprint density at radius 1 is 1.03 bits per heavy atom. The molecule has 3 aromatic carbocycles. The summed E-state index contributed by atoms with van der Waals surface area (Å²) >= 11 is 3.46. The topological polar surface area (TPSA) is 174 Å². The van der Waals surface area contributed by atoms with Crippen molar-refractivity contribution in [1.29, 1.82) is 0 Å². The number of β-amino-alcohol motifs (C(OH)–C–C–N with tert-alkyl or cyclic N) is 1. The molecular formula is C41H47F3IN7O6S. The minimum atomic E-state index is -1.36. The van der Waals surface area contributed by atoms with Crippen LogP contribution in [0.4, 0.5) is 24.5 Å². The van der Waals surface area contributed by atoms with Gasteiger partial charge in [0, 0.05) is 36.0 Å². The Bertz CT molecular complexity index is 2130. The SMILES string of the molecule is Cc1ncsc1-c1ccc(CNC(=O)C2CC(O)CN2C(=O)C(NC(=O)CCNCCCONC(=O)c2ccc(F)c(F)c2Nc2ccc(I)cc2F)C(C)(C)C)cc1. The minimum absolute atomic E-state index is 0.0262. The third-order valence-corrected chi connectivity index (χ3v) is 11.2. The summed E-state index contributed by atoms with van der Waals surface area (Å²) in [6.07, 6.45) is -0.412. The fourth-order valence-electron chi connectivity index (χ4n) is 6.37. The normalized spacial score (nSPS) is 15.8. The number of aliphatic hydroxyl groups is 1. The summed E-state index contributed by atoms with van der Waals surface area (Å²) in [6.45, 7) is 8.21. The van der Waals surface area contributed by atoms with Crippen molar-refractivity contribution in [1.82, 2.24) is 31.3 Å². The standard InChI is InChI=1S/C41H47F3IN7O6S/c1-23-36(59-22-48-23)25-8-6-24(7-9-25)20-47-39(56)32-19-27(53)21-52(32)40(57)37(41(2,3)4)50-33(54)14-16-46-15-5-17-58-51-38(55)28-11-12-29(42)34(44)35(28)49-31-13-10-26(45)18-30(31)43/h6-13,18,22,27,32,37,46,49,53H,5,14-17,19-21H2,1-4H3,(H,47,56)(H,50,54)(H,51,55). The molecule has 1 aliphatic rings. The third-order valence-electron chi connectivity index (χ3n) is 9.54. The molecule has 3 unspecified atom stereocenters.